The number of phenolic OH excluding ortho intramolecular Hbond substituents is 3. The molecule has 3 aromatic rings. The number of aromatic hydroxyl groups is 3. The summed E-state index contributed by atoms with van der Waals surface area (Å²) >= 11 is 0. The Bertz CT molecular complexity index is 1700. The molecule has 222 valence electrons. The van der Waals surface area contributed by atoms with Crippen LogP contribution in [-0.4, -0.2) is 68.0 Å². The number of aliphatic imine (C=N–C) groups is 1. The van der Waals surface area contributed by atoms with Crippen LogP contribution in [0.15, 0.2) is 53.5 Å². The summed E-state index contributed by atoms with van der Waals surface area (Å²) in [7, 11) is 0. The Kier molecular flexibility index (Phi) is 6.35. The lowest BCUT2D eigenvalue weighted by molar-refractivity contribution is -0.242. The Morgan fingerprint density at radius 1 is 0.977 bits per heavy atom. The zero-order valence-electron chi connectivity index (χ0n) is 23.6. The van der Waals surface area contributed by atoms with E-state index in [1.807, 2.05) is 37.3 Å². The summed E-state index contributed by atoms with van der Waals surface area (Å²) in [5, 5.41) is 45.0. The molecule has 1 saturated heterocycles. The fourth-order valence-electron chi connectivity index (χ4n) is 6.84. The van der Waals surface area contributed by atoms with Gasteiger partial charge in [0.25, 0.3) is 0 Å². The predicted octanol–water partition coefficient (Wildman–Crippen LogP) is 4.07. The average molecular weight is 586 g/mol. The number of ether oxygens (including phenoxy) is 3. The smallest absolute Gasteiger partial charge is 0.216 e. The number of fused-ring (bicyclic) bond motifs is 4. The molecule has 4 N–H and O–H groups in total. The van der Waals surface area contributed by atoms with E-state index >= 15 is 0 Å². The number of phenols is 3. The van der Waals surface area contributed by atoms with Gasteiger partial charge in [-0.05, 0) is 31.5 Å². The van der Waals surface area contributed by atoms with Gasteiger partial charge < -0.3 is 34.6 Å². The largest absolute Gasteiger partial charge is 0.507 e. The number of benzene rings is 3. The van der Waals surface area contributed by atoms with Gasteiger partial charge >= 0.3 is 0 Å². The summed E-state index contributed by atoms with van der Waals surface area (Å²) in [6.07, 6.45) is -1.90. The molecule has 43 heavy (non-hydrogen) atoms. The summed E-state index contributed by atoms with van der Waals surface area (Å²) in [6, 6.07) is 13.4. The zero-order chi connectivity index (χ0) is 30.2. The third kappa shape index (κ3) is 4.23. The van der Waals surface area contributed by atoms with Gasteiger partial charge in [-0.25, -0.2) is 4.99 Å². The van der Waals surface area contributed by atoms with Gasteiger partial charge in [0.2, 0.25) is 11.7 Å². The fourth-order valence-corrected chi connectivity index (χ4v) is 6.84. The minimum Gasteiger partial charge on any atom is -0.507 e. The van der Waals surface area contributed by atoms with Crippen LogP contribution in [0.1, 0.15) is 87.7 Å². The molecule has 0 amide bonds. The zero-order valence-corrected chi connectivity index (χ0v) is 23.6. The Labute approximate surface area is 247 Å². The quantitative estimate of drug-likeness (QED) is 0.259. The number of nitrogens with zero attached hydrogens (tertiary/aromatic N) is 1. The second-order valence-electron chi connectivity index (χ2n) is 11.7. The van der Waals surface area contributed by atoms with E-state index in [2.05, 4.69) is 0 Å². The molecule has 0 saturated carbocycles. The molecule has 10 nitrogen and oxygen atoms in total. The fraction of sp³-hybridized carbons (Fsp3) is 0.364. The van der Waals surface area contributed by atoms with Crippen LogP contribution in [0, 0.1) is 0 Å². The topological polar surface area (TPSA) is 155 Å². The van der Waals surface area contributed by atoms with Gasteiger partial charge in [-0.1, -0.05) is 37.3 Å². The van der Waals surface area contributed by atoms with Crippen molar-refractivity contribution in [1.29, 1.82) is 0 Å². The van der Waals surface area contributed by atoms with Gasteiger partial charge in [0.15, 0.2) is 12.1 Å². The normalized spacial score (nSPS) is 29.2. The van der Waals surface area contributed by atoms with Crippen molar-refractivity contribution in [3.63, 3.8) is 0 Å². The molecule has 2 heterocycles. The van der Waals surface area contributed by atoms with E-state index in [4.69, 9.17) is 19.2 Å². The lowest BCUT2D eigenvalue weighted by Gasteiger charge is -2.42. The van der Waals surface area contributed by atoms with E-state index in [9.17, 15) is 30.0 Å². The lowest BCUT2D eigenvalue weighted by atomic mass is 9.72. The van der Waals surface area contributed by atoms with Gasteiger partial charge in [0.05, 0.1) is 40.5 Å². The molecule has 0 spiro atoms. The van der Waals surface area contributed by atoms with E-state index in [-0.39, 0.29) is 52.8 Å². The van der Waals surface area contributed by atoms with Crippen molar-refractivity contribution in [1.82, 2.24) is 0 Å². The highest BCUT2D eigenvalue weighted by Gasteiger charge is 2.48. The van der Waals surface area contributed by atoms with Gasteiger partial charge in [-0.3, -0.25) is 9.59 Å². The summed E-state index contributed by atoms with van der Waals surface area (Å²) in [5.74, 6) is -2.38. The predicted molar refractivity (Wildman–Crippen MR) is 153 cm³/mol. The van der Waals surface area contributed by atoms with E-state index in [1.54, 1.807) is 6.92 Å². The van der Waals surface area contributed by atoms with E-state index in [0.717, 1.165) is 5.56 Å². The molecule has 2 unspecified atom stereocenters. The number of carbonyl (C=O) groups is 2. The highest BCUT2D eigenvalue weighted by molar-refractivity contribution is 6.31. The van der Waals surface area contributed by atoms with Gasteiger partial charge in [-0.2, -0.15) is 0 Å². The van der Waals surface area contributed by atoms with E-state index < -0.39 is 58.5 Å². The summed E-state index contributed by atoms with van der Waals surface area (Å²) in [6.45, 7) is 3.66. The first-order chi connectivity index (χ1) is 20.6. The maximum absolute atomic E-state index is 13.6. The molecule has 2 aliphatic carbocycles. The van der Waals surface area contributed by atoms with Crippen molar-refractivity contribution in [2.24, 2.45) is 4.99 Å². The van der Waals surface area contributed by atoms with Crippen LogP contribution in [0.5, 0.6) is 17.2 Å². The third-order valence-corrected chi connectivity index (χ3v) is 9.12. The van der Waals surface area contributed by atoms with Crippen LogP contribution in [0.25, 0.3) is 0 Å². The summed E-state index contributed by atoms with van der Waals surface area (Å²) in [4.78, 5) is 31.9. The molecule has 0 aromatic heterocycles. The highest BCUT2D eigenvalue weighted by atomic mass is 16.7. The number of aliphatic hydroxyl groups is 1. The maximum Gasteiger partial charge on any atom is 0.216 e. The van der Waals surface area contributed by atoms with Gasteiger partial charge in [0.1, 0.15) is 23.4 Å². The van der Waals surface area contributed by atoms with Crippen molar-refractivity contribution in [3.8, 4) is 17.2 Å². The standard InChI is InChI=1S/C33H31NO9/c1-3-33(40)13-18-24(30(39)26-25(28(18)37)27(36)17-10-7-11-20(35)23(17)29(26)38)21(14-33)42-22-12-19-31(15(2)41-22)43-32(34-19)16-8-5-4-6-9-16/h4-11,15,19,21-22,31,35,37,39-40H,3,12-14H2,1-2H3/t15-,19?,21-,22-,31?,33-/m0/s1. The highest BCUT2D eigenvalue weighted by Crippen LogP contribution is 2.53. The first-order valence-electron chi connectivity index (χ1n) is 14.5. The molecule has 10 heteroatoms. The Balaban J connectivity index is 1.27. The minimum absolute atomic E-state index is 0.0453. The molecular formula is C33H31NO9. The molecule has 0 bridgehead atoms. The average Bonchev–Trinajstić information content (AvgIpc) is 3.43. The summed E-state index contributed by atoms with van der Waals surface area (Å²) in [5.41, 5.74) is -1.29. The van der Waals surface area contributed by atoms with Crippen molar-refractivity contribution < 1.29 is 44.2 Å². The van der Waals surface area contributed by atoms with Crippen molar-refractivity contribution in [3.05, 3.63) is 87.5 Å². The second-order valence-corrected chi connectivity index (χ2v) is 11.7. The van der Waals surface area contributed by atoms with Crippen molar-refractivity contribution in [2.75, 3.05) is 0 Å². The summed E-state index contributed by atoms with van der Waals surface area (Å²) < 4.78 is 18.8. The van der Waals surface area contributed by atoms with Crippen LogP contribution in [-0.2, 0) is 20.6 Å². The van der Waals surface area contributed by atoms with Crippen molar-refractivity contribution in [2.45, 2.75) is 75.8 Å². The monoisotopic (exact) mass is 585 g/mol. The van der Waals surface area contributed by atoms with E-state index in [0.29, 0.717) is 18.7 Å². The van der Waals surface area contributed by atoms with Crippen LogP contribution >= 0.6 is 0 Å². The van der Waals surface area contributed by atoms with Crippen LogP contribution < -0.4 is 0 Å². The van der Waals surface area contributed by atoms with Gasteiger partial charge in [0, 0.05) is 41.5 Å². The second kappa shape index (κ2) is 9.90. The Morgan fingerprint density at radius 3 is 2.47 bits per heavy atom. The molecule has 2 aliphatic heterocycles. The number of carbonyl (C=O) groups excluding carboxylic acids is 2. The maximum atomic E-state index is 13.6. The molecule has 0 radical (unpaired) electrons. The lowest BCUT2D eigenvalue weighted by Crippen LogP contribution is -2.47. The Hall–Kier alpha value is -4.25. The van der Waals surface area contributed by atoms with Crippen molar-refractivity contribution >= 4 is 17.5 Å². The molecule has 3 aromatic carbocycles. The third-order valence-electron chi connectivity index (χ3n) is 9.12. The molecule has 6 atom stereocenters. The van der Waals surface area contributed by atoms with Crippen LogP contribution in [0.3, 0.4) is 0 Å². The molecule has 4 aliphatic rings. The molecule has 1 fully saturated rings. The van der Waals surface area contributed by atoms with Crippen LogP contribution in [0.4, 0.5) is 0 Å². The molecular weight excluding hydrogens is 554 g/mol. The Morgan fingerprint density at radius 2 is 1.72 bits per heavy atom. The first kappa shape index (κ1) is 27.6. The van der Waals surface area contributed by atoms with Crippen LogP contribution in [0.2, 0.25) is 0 Å². The first-order valence-corrected chi connectivity index (χ1v) is 14.5. The van der Waals surface area contributed by atoms with Gasteiger partial charge in [-0.15, -0.1) is 0 Å². The number of rotatable bonds is 4. The number of ketones is 2. The number of hydrogen-bond acceptors (Lipinski definition) is 10. The SMILES string of the molecule is CC[C@]1(O)Cc2c(O)c3c(c(O)c2[C@@H](O[C@H]2CC4N=C(c5ccccc5)OC4[C@H](C)O2)C1)C(=O)c1c(O)cccc1C3=O. The minimum atomic E-state index is -1.33. The number of hydrogen-bond donors (Lipinski definition) is 4. The molecule has 7 rings (SSSR count). The van der Waals surface area contributed by atoms with E-state index in [1.165, 1.54) is 18.2 Å².